The van der Waals surface area contributed by atoms with Crippen molar-refractivity contribution >= 4 is 24.2 Å². The maximum Gasteiger partial charge on any atom is 0.246 e. The zero-order chi connectivity index (χ0) is 18.2. The minimum absolute atomic E-state index is 0.0166. The van der Waals surface area contributed by atoms with E-state index in [1.165, 1.54) is 11.1 Å². The average Bonchev–Trinajstić information content (AvgIpc) is 2.94. The van der Waals surface area contributed by atoms with Gasteiger partial charge in [0.1, 0.15) is 5.82 Å². The Morgan fingerprint density at radius 2 is 2.08 bits per heavy atom. The van der Waals surface area contributed by atoms with Crippen LogP contribution in [-0.2, 0) is 9.59 Å². The van der Waals surface area contributed by atoms with Gasteiger partial charge in [0.25, 0.3) is 0 Å². The van der Waals surface area contributed by atoms with Crippen molar-refractivity contribution in [1.29, 1.82) is 0 Å². The lowest BCUT2D eigenvalue weighted by Gasteiger charge is -2.19. The zero-order valence-electron chi connectivity index (χ0n) is 14.7. The minimum Gasteiger partial charge on any atom is -0.339 e. The first-order chi connectivity index (χ1) is 12.8. The van der Waals surface area contributed by atoms with E-state index in [1.54, 1.807) is 24.4 Å². The number of allylic oxidation sites excluding steroid dienone is 4. The Kier molecular flexibility index (Phi) is 6.14. The standard InChI is InChI=1S/C21H23N3O2/c25-16-23-20-10-8-17(15-22-20)9-11-21(26)24-13-4-7-19(12-14-24)18-5-2-1-3-6-18/h2,5-11,15-16H,1,3-4,12-14H2,(H,22,23,25)/b11-9+. The maximum atomic E-state index is 12.5. The van der Waals surface area contributed by atoms with Crippen LogP contribution < -0.4 is 5.32 Å². The van der Waals surface area contributed by atoms with Crippen LogP contribution >= 0.6 is 0 Å². The third-order valence-corrected chi connectivity index (χ3v) is 4.53. The summed E-state index contributed by atoms with van der Waals surface area (Å²) in [5.74, 6) is 0.503. The van der Waals surface area contributed by atoms with Gasteiger partial charge in [0.05, 0.1) is 0 Å². The van der Waals surface area contributed by atoms with Crippen molar-refractivity contribution in [3.8, 4) is 0 Å². The van der Waals surface area contributed by atoms with E-state index >= 15 is 0 Å². The van der Waals surface area contributed by atoms with Gasteiger partial charge in [-0.3, -0.25) is 9.59 Å². The van der Waals surface area contributed by atoms with Crippen LogP contribution in [0.3, 0.4) is 0 Å². The summed E-state index contributed by atoms with van der Waals surface area (Å²) in [7, 11) is 0. The molecule has 1 aliphatic carbocycles. The Morgan fingerprint density at radius 3 is 2.81 bits per heavy atom. The van der Waals surface area contributed by atoms with E-state index in [0.29, 0.717) is 12.2 Å². The van der Waals surface area contributed by atoms with E-state index in [9.17, 15) is 9.59 Å². The van der Waals surface area contributed by atoms with E-state index in [4.69, 9.17) is 0 Å². The lowest BCUT2D eigenvalue weighted by molar-refractivity contribution is -0.125. The third-order valence-electron chi connectivity index (χ3n) is 4.53. The Morgan fingerprint density at radius 1 is 1.15 bits per heavy atom. The lowest BCUT2D eigenvalue weighted by Crippen LogP contribution is -2.30. The predicted octanol–water partition coefficient (Wildman–Crippen LogP) is 3.49. The molecular formula is C21H23N3O2. The second-order valence-corrected chi connectivity index (χ2v) is 6.30. The summed E-state index contributed by atoms with van der Waals surface area (Å²) in [6.45, 7) is 1.48. The van der Waals surface area contributed by atoms with E-state index in [1.807, 2.05) is 11.0 Å². The lowest BCUT2D eigenvalue weighted by atomic mass is 9.97. The van der Waals surface area contributed by atoms with Crippen molar-refractivity contribution in [2.24, 2.45) is 0 Å². The highest BCUT2D eigenvalue weighted by Crippen LogP contribution is 2.23. The van der Waals surface area contributed by atoms with Crippen molar-refractivity contribution in [3.63, 3.8) is 0 Å². The van der Waals surface area contributed by atoms with Gasteiger partial charge in [-0.2, -0.15) is 0 Å². The van der Waals surface area contributed by atoms with Gasteiger partial charge < -0.3 is 10.2 Å². The van der Waals surface area contributed by atoms with Gasteiger partial charge in [-0.1, -0.05) is 24.3 Å². The molecule has 2 heterocycles. The van der Waals surface area contributed by atoms with Gasteiger partial charge in [0.15, 0.2) is 0 Å². The maximum absolute atomic E-state index is 12.5. The fourth-order valence-electron chi connectivity index (χ4n) is 3.12. The second-order valence-electron chi connectivity index (χ2n) is 6.30. The van der Waals surface area contributed by atoms with Crippen molar-refractivity contribution in [2.45, 2.75) is 25.7 Å². The van der Waals surface area contributed by atoms with Crippen LogP contribution in [-0.4, -0.2) is 35.3 Å². The Balaban J connectivity index is 1.56. The molecule has 1 aliphatic heterocycles. The van der Waals surface area contributed by atoms with Gasteiger partial charge in [0, 0.05) is 25.4 Å². The molecule has 0 spiro atoms. The minimum atomic E-state index is 0.0166. The van der Waals surface area contributed by atoms with E-state index in [2.05, 4.69) is 34.6 Å². The first-order valence-corrected chi connectivity index (χ1v) is 8.95. The Bertz CT molecular complexity index is 773. The topological polar surface area (TPSA) is 62.3 Å². The molecule has 0 saturated heterocycles. The van der Waals surface area contributed by atoms with Crippen LogP contribution in [0.5, 0.6) is 0 Å². The van der Waals surface area contributed by atoms with Crippen LogP contribution in [0.15, 0.2) is 59.9 Å². The van der Waals surface area contributed by atoms with Gasteiger partial charge >= 0.3 is 0 Å². The average molecular weight is 349 g/mol. The van der Waals surface area contributed by atoms with Crippen LogP contribution in [0, 0.1) is 0 Å². The Labute approximate surface area is 153 Å². The molecule has 0 radical (unpaired) electrons. The molecule has 1 aromatic heterocycles. The number of amides is 2. The molecular weight excluding hydrogens is 326 g/mol. The summed E-state index contributed by atoms with van der Waals surface area (Å²) in [5, 5.41) is 2.48. The number of hydrogen-bond acceptors (Lipinski definition) is 3. The van der Waals surface area contributed by atoms with Gasteiger partial charge in [-0.15, -0.1) is 0 Å². The SMILES string of the molecule is O=CNc1ccc(/C=C/C(=O)N2CCC=C(C3=CCCC=C3)CC2)cn1. The summed E-state index contributed by atoms with van der Waals surface area (Å²) >= 11 is 0. The number of hydrogen-bond donors (Lipinski definition) is 1. The molecule has 0 unspecified atom stereocenters. The summed E-state index contributed by atoms with van der Waals surface area (Å²) in [6, 6.07) is 3.51. The van der Waals surface area contributed by atoms with Gasteiger partial charge in [-0.25, -0.2) is 4.98 Å². The summed E-state index contributed by atoms with van der Waals surface area (Å²) in [6.07, 6.45) is 18.5. The summed E-state index contributed by atoms with van der Waals surface area (Å²) in [4.78, 5) is 28.8. The number of nitrogens with one attached hydrogen (secondary N) is 1. The summed E-state index contributed by atoms with van der Waals surface area (Å²) in [5.41, 5.74) is 3.49. The molecule has 1 N–H and O–H groups in total. The Hall–Kier alpha value is -2.95. The number of rotatable bonds is 5. The zero-order valence-corrected chi connectivity index (χ0v) is 14.7. The van der Waals surface area contributed by atoms with Crippen molar-refractivity contribution in [2.75, 3.05) is 18.4 Å². The molecule has 0 fully saturated rings. The van der Waals surface area contributed by atoms with Crippen LogP contribution in [0.1, 0.15) is 31.2 Å². The molecule has 5 nitrogen and oxygen atoms in total. The van der Waals surface area contributed by atoms with Crippen molar-refractivity contribution in [3.05, 3.63) is 65.4 Å². The fraction of sp³-hybridized carbons (Fsp3) is 0.286. The highest BCUT2D eigenvalue weighted by Gasteiger charge is 2.15. The molecule has 0 bridgehead atoms. The quantitative estimate of drug-likeness (QED) is 0.654. The molecule has 1 aromatic rings. The van der Waals surface area contributed by atoms with E-state index < -0.39 is 0 Å². The monoisotopic (exact) mass is 349 g/mol. The third kappa shape index (κ3) is 4.79. The van der Waals surface area contributed by atoms with E-state index in [-0.39, 0.29) is 5.91 Å². The van der Waals surface area contributed by atoms with Crippen molar-refractivity contribution in [1.82, 2.24) is 9.88 Å². The molecule has 2 aliphatic rings. The fourth-order valence-corrected chi connectivity index (χ4v) is 3.12. The largest absolute Gasteiger partial charge is 0.339 e. The first kappa shape index (κ1) is 17.9. The summed E-state index contributed by atoms with van der Waals surface area (Å²) < 4.78 is 0. The first-order valence-electron chi connectivity index (χ1n) is 8.95. The number of aromatic nitrogens is 1. The van der Waals surface area contributed by atoms with Crippen LogP contribution in [0.4, 0.5) is 5.82 Å². The molecule has 0 atom stereocenters. The molecule has 26 heavy (non-hydrogen) atoms. The smallest absolute Gasteiger partial charge is 0.246 e. The predicted molar refractivity (Wildman–Crippen MR) is 103 cm³/mol. The van der Waals surface area contributed by atoms with E-state index in [0.717, 1.165) is 44.3 Å². The highest BCUT2D eigenvalue weighted by atomic mass is 16.2. The number of carbonyl (C=O) groups excluding carboxylic acids is 2. The molecule has 134 valence electrons. The number of anilines is 1. The van der Waals surface area contributed by atoms with Crippen LogP contribution in [0.25, 0.3) is 6.08 Å². The highest BCUT2D eigenvalue weighted by molar-refractivity contribution is 5.91. The molecule has 0 aromatic carbocycles. The number of carbonyl (C=O) groups is 2. The molecule has 3 rings (SSSR count). The number of nitrogens with zero attached hydrogens (tertiary/aromatic N) is 2. The van der Waals surface area contributed by atoms with Gasteiger partial charge in [0.2, 0.25) is 12.3 Å². The second kappa shape index (κ2) is 8.94. The number of pyridine rings is 1. The molecule has 2 amide bonds. The van der Waals surface area contributed by atoms with Gasteiger partial charge in [-0.05, 0) is 60.6 Å². The van der Waals surface area contributed by atoms with Crippen molar-refractivity contribution < 1.29 is 9.59 Å². The molecule has 5 heteroatoms. The van der Waals surface area contributed by atoms with Crippen LogP contribution in [0.2, 0.25) is 0 Å². The normalized spacial score (nSPS) is 17.5. The molecule has 0 saturated carbocycles.